The van der Waals surface area contributed by atoms with Crippen LogP contribution in [0.3, 0.4) is 0 Å². The number of alkyl halides is 6. The van der Waals surface area contributed by atoms with E-state index in [9.17, 15) is 31.1 Å². The van der Waals surface area contributed by atoms with Gasteiger partial charge >= 0.3 is 12.4 Å². The second-order valence-corrected chi connectivity index (χ2v) is 6.87. The summed E-state index contributed by atoms with van der Waals surface area (Å²) in [5.41, 5.74) is -1.58. The van der Waals surface area contributed by atoms with Crippen molar-refractivity contribution in [2.24, 2.45) is 0 Å². The van der Waals surface area contributed by atoms with Gasteiger partial charge in [0.25, 0.3) is 5.91 Å². The maximum atomic E-state index is 13.0. The summed E-state index contributed by atoms with van der Waals surface area (Å²) in [6.07, 6.45) is -6.99. The quantitative estimate of drug-likeness (QED) is 0.384. The number of carbonyl (C=O) groups is 1. The van der Waals surface area contributed by atoms with E-state index < -0.39 is 35.9 Å². The zero-order valence-corrected chi connectivity index (χ0v) is 15.9. The van der Waals surface area contributed by atoms with Crippen LogP contribution in [-0.4, -0.2) is 26.1 Å². The lowest BCUT2D eigenvalue weighted by atomic mass is 10.0. The number of aromatic amines is 2. The van der Waals surface area contributed by atoms with Gasteiger partial charge < -0.3 is 10.3 Å². The van der Waals surface area contributed by atoms with Gasteiger partial charge in [0, 0.05) is 24.3 Å². The lowest BCUT2D eigenvalue weighted by Gasteiger charge is -2.14. The molecule has 3 aromatic heterocycles. The Labute approximate surface area is 175 Å². The summed E-state index contributed by atoms with van der Waals surface area (Å²) in [6.45, 7) is -0.526. The Bertz CT molecular complexity index is 1260. The van der Waals surface area contributed by atoms with Crippen LogP contribution in [-0.2, 0) is 18.9 Å². The number of nitrogens with zero attached hydrogens (tertiary/aromatic N) is 2. The maximum absolute atomic E-state index is 13.0. The van der Waals surface area contributed by atoms with Crippen molar-refractivity contribution in [2.45, 2.75) is 18.9 Å². The van der Waals surface area contributed by atoms with Gasteiger partial charge in [-0.1, -0.05) is 0 Å². The van der Waals surface area contributed by atoms with Crippen LogP contribution < -0.4 is 5.32 Å². The summed E-state index contributed by atoms with van der Waals surface area (Å²) in [4.78, 5) is 19.4. The molecule has 0 bridgehead atoms. The molecule has 0 saturated heterocycles. The van der Waals surface area contributed by atoms with Gasteiger partial charge in [0.15, 0.2) is 5.65 Å². The standard InChI is InChI=1S/C20H13F6N5O/c21-19(22,23)12-4-10(5-13(7-12)20(24,25)26)8-29-18(32)11-6-15(28-9-11)16-14-2-1-3-27-17(14)31-30-16/h1-7,9,28H,8H2,(H,29,32)(H,27,30,31). The number of halogens is 6. The third-order valence-corrected chi connectivity index (χ3v) is 4.64. The molecule has 4 aromatic rings. The number of rotatable bonds is 4. The zero-order chi connectivity index (χ0) is 23.1. The number of fused-ring (bicyclic) bond motifs is 1. The van der Waals surface area contributed by atoms with Crippen LogP contribution in [0.1, 0.15) is 27.0 Å². The van der Waals surface area contributed by atoms with Crippen molar-refractivity contribution in [2.75, 3.05) is 0 Å². The molecule has 0 aliphatic heterocycles. The molecule has 0 atom stereocenters. The van der Waals surface area contributed by atoms with Crippen LogP contribution in [0.5, 0.6) is 0 Å². The van der Waals surface area contributed by atoms with Gasteiger partial charge in [-0.05, 0) is 42.0 Å². The molecule has 1 amide bonds. The Morgan fingerprint density at radius 2 is 1.69 bits per heavy atom. The Morgan fingerprint density at radius 1 is 1.00 bits per heavy atom. The molecular weight excluding hydrogens is 440 g/mol. The monoisotopic (exact) mass is 453 g/mol. The molecule has 0 radical (unpaired) electrons. The molecule has 6 nitrogen and oxygen atoms in total. The summed E-state index contributed by atoms with van der Waals surface area (Å²) < 4.78 is 77.9. The SMILES string of the molecule is O=C(NCc1cc(C(F)(F)F)cc(C(F)(F)F)c1)c1c[nH]c(-c2n[nH]c3ncccc23)c1. The van der Waals surface area contributed by atoms with E-state index in [1.165, 1.54) is 12.3 Å². The maximum Gasteiger partial charge on any atom is 0.416 e. The van der Waals surface area contributed by atoms with E-state index in [2.05, 4.69) is 25.5 Å². The van der Waals surface area contributed by atoms with Gasteiger partial charge in [0.1, 0.15) is 5.69 Å². The number of carbonyl (C=O) groups excluding carboxylic acids is 1. The molecule has 0 spiro atoms. The number of H-pyrrole nitrogens is 2. The Kier molecular flexibility index (Phi) is 5.15. The van der Waals surface area contributed by atoms with Gasteiger partial charge in [-0.2, -0.15) is 31.4 Å². The van der Waals surface area contributed by atoms with E-state index in [1.807, 2.05) is 0 Å². The molecule has 0 aliphatic rings. The van der Waals surface area contributed by atoms with E-state index in [0.29, 0.717) is 34.6 Å². The highest BCUT2D eigenvalue weighted by Gasteiger charge is 2.36. The molecule has 1 aromatic carbocycles. The fourth-order valence-corrected chi connectivity index (χ4v) is 3.13. The Balaban J connectivity index is 1.53. The van der Waals surface area contributed by atoms with Crippen LogP contribution in [0.2, 0.25) is 0 Å². The van der Waals surface area contributed by atoms with Crippen molar-refractivity contribution < 1.29 is 31.1 Å². The topological polar surface area (TPSA) is 86.5 Å². The second-order valence-electron chi connectivity index (χ2n) is 6.87. The fraction of sp³-hybridized carbons (Fsp3) is 0.150. The molecule has 32 heavy (non-hydrogen) atoms. The average molecular weight is 453 g/mol. The number of pyridine rings is 1. The first-order chi connectivity index (χ1) is 15.0. The smallest absolute Gasteiger partial charge is 0.359 e. The normalized spacial score (nSPS) is 12.3. The largest absolute Gasteiger partial charge is 0.416 e. The molecule has 4 rings (SSSR count). The predicted octanol–water partition coefficient (Wildman–Crippen LogP) is 4.92. The summed E-state index contributed by atoms with van der Waals surface area (Å²) in [5, 5.41) is 9.91. The van der Waals surface area contributed by atoms with Gasteiger partial charge in [0.05, 0.1) is 22.4 Å². The lowest BCUT2D eigenvalue weighted by Crippen LogP contribution is -2.23. The minimum atomic E-state index is -4.96. The van der Waals surface area contributed by atoms with Crippen molar-refractivity contribution in [3.05, 3.63) is 71.0 Å². The van der Waals surface area contributed by atoms with E-state index in [0.717, 1.165) is 0 Å². The van der Waals surface area contributed by atoms with Crippen molar-refractivity contribution in [3.63, 3.8) is 0 Å². The fourth-order valence-electron chi connectivity index (χ4n) is 3.13. The highest BCUT2D eigenvalue weighted by Crippen LogP contribution is 2.36. The molecule has 3 N–H and O–H groups in total. The van der Waals surface area contributed by atoms with Crippen molar-refractivity contribution in [3.8, 4) is 11.4 Å². The van der Waals surface area contributed by atoms with Crippen LogP contribution in [0, 0.1) is 0 Å². The minimum absolute atomic E-state index is 0.0345. The minimum Gasteiger partial charge on any atom is -0.359 e. The third-order valence-electron chi connectivity index (χ3n) is 4.64. The number of aromatic nitrogens is 4. The highest BCUT2D eigenvalue weighted by atomic mass is 19.4. The van der Waals surface area contributed by atoms with Gasteiger partial charge in [0.2, 0.25) is 0 Å². The third kappa shape index (κ3) is 4.29. The van der Waals surface area contributed by atoms with Gasteiger partial charge in [-0.3, -0.25) is 9.89 Å². The van der Waals surface area contributed by atoms with Crippen molar-refractivity contribution in [1.82, 2.24) is 25.5 Å². The van der Waals surface area contributed by atoms with E-state index in [4.69, 9.17) is 0 Å². The average Bonchev–Trinajstić information content (AvgIpc) is 3.37. The number of hydrogen-bond acceptors (Lipinski definition) is 3. The summed E-state index contributed by atoms with van der Waals surface area (Å²) in [6, 6.07) is 6.12. The molecule has 12 heteroatoms. The summed E-state index contributed by atoms with van der Waals surface area (Å²) in [5.74, 6) is -0.684. The first-order valence-corrected chi connectivity index (χ1v) is 9.07. The van der Waals surface area contributed by atoms with Crippen LogP contribution in [0.4, 0.5) is 26.3 Å². The van der Waals surface area contributed by atoms with Gasteiger partial charge in [-0.15, -0.1) is 0 Å². The lowest BCUT2D eigenvalue weighted by molar-refractivity contribution is -0.143. The first-order valence-electron chi connectivity index (χ1n) is 9.07. The number of hydrogen-bond donors (Lipinski definition) is 3. The highest BCUT2D eigenvalue weighted by molar-refractivity contribution is 5.97. The molecule has 0 aliphatic carbocycles. The molecular formula is C20H13F6N5O. The van der Waals surface area contributed by atoms with E-state index in [1.54, 1.807) is 18.3 Å². The molecule has 0 fully saturated rings. The predicted molar refractivity (Wildman–Crippen MR) is 101 cm³/mol. The molecule has 3 heterocycles. The Morgan fingerprint density at radius 3 is 2.34 bits per heavy atom. The molecule has 166 valence electrons. The summed E-state index contributed by atoms with van der Waals surface area (Å²) >= 11 is 0. The summed E-state index contributed by atoms with van der Waals surface area (Å²) in [7, 11) is 0. The van der Waals surface area contributed by atoms with Crippen LogP contribution in [0.15, 0.2) is 48.8 Å². The molecule has 0 unspecified atom stereocenters. The van der Waals surface area contributed by atoms with Crippen molar-refractivity contribution in [1.29, 1.82) is 0 Å². The van der Waals surface area contributed by atoms with Crippen LogP contribution >= 0.6 is 0 Å². The zero-order valence-electron chi connectivity index (χ0n) is 15.9. The molecule has 0 saturated carbocycles. The second kappa shape index (κ2) is 7.70. The first kappa shape index (κ1) is 21.4. The van der Waals surface area contributed by atoms with Crippen molar-refractivity contribution >= 4 is 16.9 Å². The Hall–Kier alpha value is -3.83. The van der Waals surface area contributed by atoms with E-state index in [-0.39, 0.29) is 17.2 Å². The number of amides is 1. The van der Waals surface area contributed by atoms with E-state index >= 15 is 0 Å². The van der Waals surface area contributed by atoms with Gasteiger partial charge in [-0.25, -0.2) is 4.98 Å². The van der Waals surface area contributed by atoms with Crippen LogP contribution in [0.25, 0.3) is 22.4 Å². The number of benzene rings is 1. The number of nitrogens with one attached hydrogen (secondary N) is 3.